The van der Waals surface area contributed by atoms with Crippen molar-refractivity contribution in [3.63, 3.8) is 0 Å². The van der Waals surface area contributed by atoms with Gasteiger partial charge in [0, 0.05) is 35.1 Å². The fourth-order valence-electron chi connectivity index (χ4n) is 1.57. The smallest absolute Gasteiger partial charge is 0.119 e. The highest BCUT2D eigenvalue weighted by Crippen LogP contribution is 2.22. The molecule has 0 N–H and O–H groups in total. The maximum Gasteiger partial charge on any atom is 0.119 e. The number of rotatable bonds is 4. The van der Waals surface area contributed by atoms with Gasteiger partial charge in [-0.15, -0.1) is 0 Å². The van der Waals surface area contributed by atoms with Gasteiger partial charge in [-0.05, 0) is 45.2 Å². The molecule has 0 saturated carbocycles. The number of hydrogen-bond acceptors (Lipinski definition) is 2. The highest BCUT2D eigenvalue weighted by molar-refractivity contribution is 5.81. The van der Waals surface area contributed by atoms with Crippen molar-refractivity contribution in [3.8, 4) is 5.75 Å². The van der Waals surface area contributed by atoms with Gasteiger partial charge in [0.05, 0.1) is 12.5 Å². The van der Waals surface area contributed by atoms with E-state index in [1.54, 1.807) is 12.1 Å². The van der Waals surface area contributed by atoms with Crippen LogP contribution in [-0.2, 0) is 6.52 Å². The molecule has 0 spiro atoms. The van der Waals surface area contributed by atoms with E-state index in [4.69, 9.17) is 15.7 Å². The third kappa shape index (κ3) is 2.44. The van der Waals surface area contributed by atoms with Gasteiger partial charge in [0.15, 0.2) is 0 Å². The molecule has 0 aliphatic carbocycles. The summed E-state index contributed by atoms with van der Waals surface area (Å²) in [4.78, 5) is 1.20. The zero-order valence-electron chi connectivity index (χ0n) is 17.8. The minimum absolute atomic E-state index is 0.146. The largest absolute Gasteiger partial charge is 0.497 e. The SMILES string of the molecule is [2H]C(n1ccc2cc(OC([2H])([2H])[2H])ccc21)[C@]([2H])(N(C)C)C([2H])([2H])[2H]. The molecule has 2 rings (SSSR count). The molecular weight excluding hydrogens is 212 g/mol. The average Bonchev–Trinajstić information content (AvgIpc) is 2.85. The van der Waals surface area contributed by atoms with E-state index in [-0.39, 0.29) is 5.75 Å². The first kappa shape index (κ1) is 5.44. The number of aromatic nitrogens is 1. The first-order chi connectivity index (χ1) is 11.3. The summed E-state index contributed by atoms with van der Waals surface area (Å²) in [6, 6.07) is 3.95. The van der Waals surface area contributed by atoms with E-state index in [2.05, 4.69) is 0 Å². The Labute approximate surface area is 114 Å². The van der Waals surface area contributed by atoms with E-state index in [1.165, 1.54) is 41.9 Å². The van der Waals surface area contributed by atoms with Crippen molar-refractivity contribution in [2.24, 2.45) is 0 Å². The van der Waals surface area contributed by atoms with E-state index in [1.807, 2.05) is 0 Å². The molecule has 1 unspecified atom stereocenters. The van der Waals surface area contributed by atoms with Crippen molar-refractivity contribution >= 4 is 10.9 Å². The van der Waals surface area contributed by atoms with E-state index in [0.717, 1.165) is 0 Å². The van der Waals surface area contributed by atoms with Crippen LogP contribution in [0.2, 0.25) is 0 Å². The molecular formula is C14H20N2O. The zero-order valence-corrected chi connectivity index (χ0v) is 9.77. The highest BCUT2D eigenvalue weighted by Gasteiger charge is 2.08. The number of fused-ring (bicyclic) bond motifs is 1. The molecule has 0 amide bonds. The van der Waals surface area contributed by atoms with Crippen molar-refractivity contribution in [1.29, 1.82) is 0 Å². The van der Waals surface area contributed by atoms with Crippen LogP contribution in [0.25, 0.3) is 10.9 Å². The number of methoxy groups -OCH3 is 1. The molecule has 17 heavy (non-hydrogen) atoms. The van der Waals surface area contributed by atoms with Crippen LogP contribution in [0.5, 0.6) is 5.75 Å². The lowest BCUT2D eigenvalue weighted by atomic mass is 10.2. The third-order valence-corrected chi connectivity index (χ3v) is 2.55. The molecule has 2 aromatic rings. The van der Waals surface area contributed by atoms with Crippen LogP contribution in [0.3, 0.4) is 0 Å². The fourth-order valence-corrected chi connectivity index (χ4v) is 1.57. The summed E-state index contributed by atoms with van der Waals surface area (Å²) in [5, 5.41) is 0.589. The Bertz CT molecular complexity index is 751. The van der Waals surface area contributed by atoms with E-state index >= 15 is 0 Å². The van der Waals surface area contributed by atoms with Crippen LogP contribution < -0.4 is 4.74 Å². The Hall–Kier alpha value is -1.48. The standard InChI is InChI=1S/C14H20N2O/c1-11(15(2)3)10-16-8-7-12-9-13(17-4)5-6-14(12)16/h5-9,11H,10H2,1-4H3/t11-/m1/s1/i1D3,4D3,10D,11D/t10?,11-. The lowest BCUT2D eigenvalue weighted by molar-refractivity contribution is 0.286. The summed E-state index contributed by atoms with van der Waals surface area (Å²) in [6.45, 7) is -4.13. The monoisotopic (exact) mass is 240 g/mol. The highest BCUT2D eigenvalue weighted by atomic mass is 16.5. The molecule has 2 atom stereocenters. The van der Waals surface area contributed by atoms with Gasteiger partial charge in [-0.25, -0.2) is 0 Å². The lowest BCUT2D eigenvalue weighted by Crippen LogP contribution is -2.28. The molecule has 0 radical (unpaired) electrons. The Balaban J connectivity index is 2.48. The van der Waals surface area contributed by atoms with Gasteiger partial charge < -0.3 is 14.2 Å². The summed E-state index contributed by atoms with van der Waals surface area (Å²) >= 11 is 0. The van der Waals surface area contributed by atoms with E-state index < -0.39 is 26.4 Å². The fraction of sp³-hybridized carbons (Fsp3) is 0.429. The molecule has 3 heteroatoms. The topological polar surface area (TPSA) is 17.4 Å². The number of ether oxygens (including phenoxy) is 1. The van der Waals surface area contributed by atoms with Gasteiger partial charge in [-0.3, -0.25) is 0 Å². The van der Waals surface area contributed by atoms with Crippen LogP contribution in [0.15, 0.2) is 30.5 Å². The second-order valence-corrected chi connectivity index (χ2v) is 3.95. The molecule has 1 heterocycles. The molecule has 3 nitrogen and oxygen atoms in total. The molecule has 0 aliphatic rings. The first-order valence-electron chi connectivity index (χ1n) is 9.24. The predicted octanol–water partition coefficient (Wildman–Crippen LogP) is 2.60. The van der Waals surface area contributed by atoms with Crippen LogP contribution in [0, 0.1) is 0 Å². The van der Waals surface area contributed by atoms with E-state index in [0.29, 0.717) is 10.9 Å². The van der Waals surface area contributed by atoms with Gasteiger partial charge in [0.2, 0.25) is 0 Å². The predicted molar refractivity (Wildman–Crippen MR) is 71.6 cm³/mol. The van der Waals surface area contributed by atoms with Gasteiger partial charge in [0.25, 0.3) is 0 Å². The molecule has 1 aromatic carbocycles. The molecule has 0 aliphatic heterocycles. The number of nitrogens with zero attached hydrogens (tertiary/aromatic N) is 2. The molecule has 92 valence electrons. The maximum atomic E-state index is 8.40. The number of benzene rings is 1. The van der Waals surface area contributed by atoms with Crippen molar-refractivity contribution in [3.05, 3.63) is 30.5 Å². The molecule has 0 fully saturated rings. The van der Waals surface area contributed by atoms with Crippen molar-refractivity contribution < 1.29 is 15.7 Å². The maximum absolute atomic E-state index is 8.40. The number of likely N-dealkylation sites (N-methyl/N-ethyl adjacent to an activating group) is 1. The van der Waals surface area contributed by atoms with Crippen LogP contribution in [-0.4, -0.2) is 36.6 Å². The summed E-state index contributed by atoms with van der Waals surface area (Å²) < 4.78 is 67.5. The Kier molecular flexibility index (Phi) is 1.54. The van der Waals surface area contributed by atoms with Crippen molar-refractivity contribution in [2.75, 3.05) is 21.1 Å². The van der Waals surface area contributed by atoms with Gasteiger partial charge >= 0.3 is 0 Å². The van der Waals surface area contributed by atoms with Crippen molar-refractivity contribution in [1.82, 2.24) is 9.47 Å². The minimum atomic E-state index is -2.70. The van der Waals surface area contributed by atoms with Crippen molar-refractivity contribution in [2.45, 2.75) is 19.4 Å². The van der Waals surface area contributed by atoms with Crippen LogP contribution in [0.1, 0.15) is 17.8 Å². The quantitative estimate of drug-likeness (QED) is 0.817. The zero-order chi connectivity index (χ0) is 19.2. The third-order valence-electron chi connectivity index (χ3n) is 2.55. The van der Waals surface area contributed by atoms with Gasteiger partial charge in [0.1, 0.15) is 5.75 Å². The van der Waals surface area contributed by atoms with E-state index in [9.17, 15) is 0 Å². The summed E-state index contributed by atoms with van der Waals surface area (Å²) in [6.07, 6.45) is 1.51. The lowest BCUT2D eigenvalue weighted by Gasteiger charge is -2.20. The summed E-state index contributed by atoms with van der Waals surface area (Å²) in [5.41, 5.74) is 0.514. The Morgan fingerprint density at radius 1 is 1.53 bits per heavy atom. The number of hydrogen-bond donors (Lipinski definition) is 0. The minimum Gasteiger partial charge on any atom is -0.497 e. The second kappa shape index (κ2) is 4.80. The summed E-state index contributed by atoms with van der Waals surface area (Å²) in [7, 11) is 0.334. The normalized spacial score (nSPS) is 25.4. The first-order valence-corrected chi connectivity index (χ1v) is 5.17. The Morgan fingerprint density at radius 3 is 3.12 bits per heavy atom. The van der Waals surface area contributed by atoms with Gasteiger partial charge in [-0.2, -0.15) is 0 Å². The molecule has 1 aromatic heterocycles. The second-order valence-electron chi connectivity index (χ2n) is 3.95. The molecule has 0 saturated heterocycles. The van der Waals surface area contributed by atoms with Crippen LogP contribution >= 0.6 is 0 Å². The molecule has 0 bridgehead atoms. The summed E-state index contributed by atoms with van der Waals surface area (Å²) in [5.74, 6) is 0.146. The Morgan fingerprint density at radius 2 is 2.41 bits per heavy atom. The average molecular weight is 240 g/mol. The van der Waals surface area contributed by atoms with Crippen LogP contribution in [0.4, 0.5) is 0 Å². The van der Waals surface area contributed by atoms with Gasteiger partial charge in [-0.1, -0.05) is 0 Å².